The molecule has 0 radical (unpaired) electrons. The lowest BCUT2D eigenvalue weighted by molar-refractivity contribution is 0.196. The number of nitrogens with zero attached hydrogens (tertiary/aromatic N) is 2. The van der Waals surface area contributed by atoms with E-state index in [4.69, 9.17) is 11.6 Å². The molecule has 0 fully saturated rings. The fourth-order valence-electron chi connectivity index (χ4n) is 0.855. The number of aryl methyl sites for hydroxylation is 1. The van der Waals surface area contributed by atoms with E-state index < -0.39 is 0 Å². The second-order valence-corrected chi connectivity index (χ2v) is 4.92. The predicted molar refractivity (Wildman–Crippen MR) is 58.8 cm³/mol. The SMILES string of the molecule is Cc1nc(Cl)cc(SC(C)C(C)O)n1. The van der Waals surface area contributed by atoms with Crippen molar-refractivity contribution in [1.29, 1.82) is 0 Å². The molecule has 0 bridgehead atoms. The number of hydrogen-bond acceptors (Lipinski definition) is 4. The van der Waals surface area contributed by atoms with Gasteiger partial charge >= 0.3 is 0 Å². The van der Waals surface area contributed by atoms with E-state index >= 15 is 0 Å². The van der Waals surface area contributed by atoms with E-state index in [0.717, 1.165) is 5.03 Å². The third kappa shape index (κ3) is 3.44. The fourth-order valence-corrected chi connectivity index (χ4v) is 2.09. The van der Waals surface area contributed by atoms with Crippen molar-refractivity contribution < 1.29 is 5.11 Å². The zero-order chi connectivity index (χ0) is 10.7. The minimum absolute atomic E-state index is 0.0976. The van der Waals surface area contributed by atoms with Gasteiger partial charge in [0.1, 0.15) is 16.0 Å². The van der Waals surface area contributed by atoms with Crippen LogP contribution in [0, 0.1) is 6.92 Å². The predicted octanol–water partition coefficient (Wildman–Crippen LogP) is 2.30. The van der Waals surface area contributed by atoms with E-state index in [1.165, 1.54) is 11.8 Å². The summed E-state index contributed by atoms with van der Waals surface area (Å²) >= 11 is 7.28. The summed E-state index contributed by atoms with van der Waals surface area (Å²) in [7, 11) is 0. The average Bonchev–Trinajstić information content (AvgIpc) is 2.01. The van der Waals surface area contributed by atoms with E-state index in [9.17, 15) is 5.11 Å². The van der Waals surface area contributed by atoms with Crippen LogP contribution in [0.25, 0.3) is 0 Å². The quantitative estimate of drug-likeness (QED) is 0.642. The number of aromatic nitrogens is 2. The normalized spacial score (nSPS) is 15.2. The van der Waals surface area contributed by atoms with Crippen molar-refractivity contribution in [2.75, 3.05) is 0 Å². The van der Waals surface area contributed by atoms with Crippen LogP contribution in [0.1, 0.15) is 19.7 Å². The van der Waals surface area contributed by atoms with Gasteiger partial charge in [-0.1, -0.05) is 18.5 Å². The van der Waals surface area contributed by atoms with Crippen molar-refractivity contribution in [1.82, 2.24) is 9.97 Å². The molecule has 0 amide bonds. The topological polar surface area (TPSA) is 46.0 Å². The highest BCUT2D eigenvalue weighted by Gasteiger charge is 2.12. The summed E-state index contributed by atoms with van der Waals surface area (Å²) in [6.45, 7) is 5.50. The first kappa shape index (κ1) is 11.8. The van der Waals surface area contributed by atoms with Crippen LogP contribution in [-0.4, -0.2) is 26.4 Å². The Morgan fingerprint density at radius 2 is 2.07 bits per heavy atom. The van der Waals surface area contributed by atoms with E-state index in [1.807, 2.05) is 6.92 Å². The second kappa shape index (κ2) is 4.96. The van der Waals surface area contributed by atoms with Crippen molar-refractivity contribution in [3.63, 3.8) is 0 Å². The number of aliphatic hydroxyl groups is 1. The maximum Gasteiger partial charge on any atom is 0.133 e. The summed E-state index contributed by atoms with van der Waals surface area (Å²) in [5.74, 6) is 0.651. The van der Waals surface area contributed by atoms with Gasteiger partial charge in [0.15, 0.2) is 0 Å². The molecular formula is C9H13ClN2OS. The van der Waals surface area contributed by atoms with Crippen LogP contribution in [-0.2, 0) is 0 Å². The standard InChI is InChI=1S/C9H13ClN2OS/c1-5(13)6(2)14-9-4-8(10)11-7(3)12-9/h4-6,13H,1-3H3. The number of halogens is 1. The van der Waals surface area contributed by atoms with Crippen LogP contribution in [0.3, 0.4) is 0 Å². The smallest absolute Gasteiger partial charge is 0.133 e. The van der Waals surface area contributed by atoms with Crippen molar-refractivity contribution in [3.05, 3.63) is 17.0 Å². The molecule has 0 saturated heterocycles. The first-order valence-electron chi connectivity index (χ1n) is 4.35. The van der Waals surface area contributed by atoms with Gasteiger partial charge in [-0.2, -0.15) is 0 Å². The Bertz CT molecular complexity index is 299. The van der Waals surface area contributed by atoms with Crippen LogP contribution < -0.4 is 0 Å². The Morgan fingerprint density at radius 3 is 2.57 bits per heavy atom. The Hall–Kier alpha value is -0.320. The van der Waals surface area contributed by atoms with Crippen LogP contribution in [0.2, 0.25) is 5.15 Å². The van der Waals surface area contributed by atoms with Gasteiger partial charge in [-0.25, -0.2) is 9.97 Å². The molecule has 0 aliphatic heterocycles. The number of thioether (sulfide) groups is 1. The maximum absolute atomic E-state index is 9.32. The molecule has 14 heavy (non-hydrogen) atoms. The summed E-state index contributed by atoms with van der Waals surface area (Å²) in [5.41, 5.74) is 0. The molecule has 2 unspecified atom stereocenters. The minimum atomic E-state index is -0.367. The van der Waals surface area contributed by atoms with E-state index in [1.54, 1.807) is 19.9 Å². The van der Waals surface area contributed by atoms with Gasteiger partial charge in [-0.05, 0) is 13.8 Å². The highest BCUT2D eigenvalue weighted by Crippen LogP contribution is 2.24. The minimum Gasteiger partial charge on any atom is -0.392 e. The van der Waals surface area contributed by atoms with Crippen LogP contribution in [0.4, 0.5) is 0 Å². The first-order valence-corrected chi connectivity index (χ1v) is 5.60. The molecular weight excluding hydrogens is 220 g/mol. The molecule has 3 nitrogen and oxygen atoms in total. The zero-order valence-electron chi connectivity index (χ0n) is 8.36. The molecule has 1 aromatic heterocycles. The Kier molecular flexibility index (Phi) is 4.16. The largest absolute Gasteiger partial charge is 0.392 e. The van der Waals surface area contributed by atoms with Crippen molar-refractivity contribution in [2.45, 2.75) is 37.2 Å². The average molecular weight is 233 g/mol. The summed E-state index contributed by atoms with van der Waals surface area (Å²) in [5, 5.41) is 10.7. The van der Waals surface area contributed by atoms with Gasteiger partial charge in [-0.3, -0.25) is 0 Å². The van der Waals surface area contributed by atoms with Crippen LogP contribution >= 0.6 is 23.4 Å². The molecule has 1 N–H and O–H groups in total. The maximum atomic E-state index is 9.32. The molecule has 1 heterocycles. The Morgan fingerprint density at radius 1 is 1.43 bits per heavy atom. The fraction of sp³-hybridized carbons (Fsp3) is 0.556. The van der Waals surface area contributed by atoms with Crippen LogP contribution in [0.15, 0.2) is 11.1 Å². The molecule has 2 atom stereocenters. The molecule has 1 rings (SSSR count). The van der Waals surface area contributed by atoms with Gasteiger partial charge in [0.05, 0.1) is 6.10 Å². The second-order valence-electron chi connectivity index (χ2n) is 3.14. The Labute approximate surface area is 92.9 Å². The summed E-state index contributed by atoms with van der Waals surface area (Å²) < 4.78 is 0. The molecule has 0 aliphatic carbocycles. The van der Waals surface area contributed by atoms with Crippen molar-refractivity contribution in [2.24, 2.45) is 0 Å². The van der Waals surface area contributed by atoms with Crippen LogP contribution in [0.5, 0.6) is 0 Å². The zero-order valence-corrected chi connectivity index (χ0v) is 9.93. The third-order valence-corrected chi connectivity index (χ3v) is 3.18. The first-order chi connectivity index (χ1) is 6.49. The van der Waals surface area contributed by atoms with Crippen molar-refractivity contribution >= 4 is 23.4 Å². The van der Waals surface area contributed by atoms with Gasteiger partial charge in [0.25, 0.3) is 0 Å². The Balaban J connectivity index is 2.76. The summed E-state index contributed by atoms with van der Waals surface area (Å²) in [4.78, 5) is 8.18. The van der Waals surface area contributed by atoms with Gasteiger partial charge in [-0.15, -0.1) is 11.8 Å². The third-order valence-electron chi connectivity index (χ3n) is 1.77. The number of aliphatic hydroxyl groups excluding tert-OH is 1. The molecule has 0 aromatic carbocycles. The highest BCUT2D eigenvalue weighted by atomic mass is 35.5. The summed E-state index contributed by atoms with van der Waals surface area (Å²) in [6, 6.07) is 1.71. The van der Waals surface area contributed by atoms with E-state index in [-0.39, 0.29) is 11.4 Å². The van der Waals surface area contributed by atoms with Gasteiger partial charge in [0, 0.05) is 11.3 Å². The molecule has 0 spiro atoms. The number of hydrogen-bond donors (Lipinski definition) is 1. The monoisotopic (exact) mass is 232 g/mol. The molecule has 0 saturated carbocycles. The molecule has 78 valence electrons. The lowest BCUT2D eigenvalue weighted by Crippen LogP contribution is -2.15. The van der Waals surface area contributed by atoms with E-state index in [2.05, 4.69) is 9.97 Å². The molecule has 5 heteroatoms. The van der Waals surface area contributed by atoms with E-state index in [0.29, 0.717) is 11.0 Å². The lowest BCUT2D eigenvalue weighted by Gasteiger charge is -2.13. The van der Waals surface area contributed by atoms with Crippen molar-refractivity contribution in [3.8, 4) is 0 Å². The van der Waals surface area contributed by atoms with Gasteiger partial charge < -0.3 is 5.11 Å². The lowest BCUT2D eigenvalue weighted by atomic mass is 10.3. The highest BCUT2D eigenvalue weighted by molar-refractivity contribution is 7.99. The number of rotatable bonds is 3. The van der Waals surface area contributed by atoms with Gasteiger partial charge in [0.2, 0.25) is 0 Å². The molecule has 0 aliphatic rings. The molecule has 1 aromatic rings. The summed E-state index contributed by atoms with van der Waals surface area (Å²) in [6.07, 6.45) is -0.367.